The maximum absolute atomic E-state index is 12.6. The molecule has 0 unspecified atom stereocenters. The summed E-state index contributed by atoms with van der Waals surface area (Å²) in [5, 5.41) is 4.69. The molecule has 5 nitrogen and oxygen atoms in total. The number of carbonyl (C=O) groups is 1. The highest BCUT2D eigenvalue weighted by molar-refractivity contribution is 5.81. The summed E-state index contributed by atoms with van der Waals surface area (Å²) < 4.78 is 1.58. The van der Waals surface area contributed by atoms with Gasteiger partial charge in [0.25, 0.3) is 0 Å². The van der Waals surface area contributed by atoms with Gasteiger partial charge in [-0.05, 0) is 24.6 Å². The molecule has 0 N–H and O–H groups in total. The molecule has 0 fully saturated rings. The second-order valence-corrected chi connectivity index (χ2v) is 5.77. The van der Waals surface area contributed by atoms with Crippen molar-refractivity contribution in [3.05, 3.63) is 76.6 Å². The number of nitrogens with zero attached hydrogens (tertiary/aromatic N) is 3. The van der Waals surface area contributed by atoms with E-state index in [4.69, 9.17) is 0 Å². The molecule has 3 rings (SSSR count). The molecule has 0 bridgehead atoms. The molecule has 0 saturated carbocycles. The van der Waals surface area contributed by atoms with Crippen molar-refractivity contribution in [2.45, 2.75) is 19.5 Å². The van der Waals surface area contributed by atoms with E-state index >= 15 is 0 Å². The Hall–Kier alpha value is -2.95. The minimum absolute atomic E-state index is 0.0376. The second-order valence-electron chi connectivity index (χ2n) is 5.77. The lowest BCUT2D eigenvalue weighted by Crippen LogP contribution is -2.33. The number of para-hydroxylation sites is 1. The van der Waals surface area contributed by atoms with E-state index < -0.39 is 0 Å². The number of benzene rings is 2. The van der Waals surface area contributed by atoms with Crippen LogP contribution in [0.3, 0.4) is 0 Å². The van der Waals surface area contributed by atoms with Gasteiger partial charge in [0.15, 0.2) is 0 Å². The maximum Gasteiger partial charge on any atom is 0.244 e. The smallest absolute Gasteiger partial charge is 0.244 e. The zero-order chi connectivity index (χ0) is 17.1. The summed E-state index contributed by atoms with van der Waals surface area (Å²) >= 11 is 0. The van der Waals surface area contributed by atoms with Gasteiger partial charge in [0.1, 0.15) is 6.54 Å². The van der Waals surface area contributed by atoms with Crippen molar-refractivity contribution >= 4 is 16.8 Å². The molecule has 1 aromatic heterocycles. The number of hydrogen-bond acceptors (Lipinski definition) is 3. The van der Waals surface area contributed by atoms with Crippen molar-refractivity contribution in [3.8, 4) is 0 Å². The van der Waals surface area contributed by atoms with E-state index in [9.17, 15) is 9.59 Å². The van der Waals surface area contributed by atoms with Crippen LogP contribution >= 0.6 is 0 Å². The fraction of sp³-hybridized carbons (Fsp3) is 0.211. The number of fused-ring (bicyclic) bond motifs is 1. The van der Waals surface area contributed by atoms with Crippen LogP contribution in [0.15, 0.2) is 65.6 Å². The normalized spacial score (nSPS) is 12.1. The molecule has 3 aromatic rings. The molecular formula is C19H19N3O2. The van der Waals surface area contributed by atoms with Gasteiger partial charge in [-0.25, -0.2) is 0 Å². The van der Waals surface area contributed by atoms with E-state index in [0.717, 1.165) is 5.56 Å². The summed E-state index contributed by atoms with van der Waals surface area (Å²) in [6.45, 7) is 2.08. The van der Waals surface area contributed by atoms with E-state index in [-0.39, 0.29) is 23.9 Å². The molecule has 1 atom stereocenters. The quantitative estimate of drug-likeness (QED) is 0.742. The van der Waals surface area contributed by atoms with Crippen LogP contribution in [-0.4, -0.2) is 27.6 Å². The first-order valence-corrected chi connectivity index (χ1v) is 7.83. The summed E-state index contributed by atoms with van der Waals surface area (Å²) in [5.74, 6) is -0.0624. The Balaban J connectivity index is 1.85. The van der Waals surface area contributed by atoms with E-state index in [1.807, 2.05) is 43.3 Å². The Morgan fingerprint density at radius 3 is 2.54 bits per heavy atom. The fourth-order valence-electron chi connectivity index (χ4n) is 2.70. The molecule has 0 aliphatic rings. The molecule has 2 aromatic carbocycles. The lowest BCUT2D eigenvalue weighted by Gasteiger charge is -2.25. The summed E-state index contributed by atoms with van der Waals surface area (Å²) in [4.78, 5) is 26.2. The predicted molar refractivity (Wildman–Crippen MR) is 93.6 cm³/mol. The molecule has 0 spiro atoms. The van der Waals surface area contributed by atoms with Crippen LogP contribution in [0.4, 0.5) is 0 Å². The lowest BCUT2D eigenvalue weighted by atomic mass is 10.1. The monoisotopic (exact) mass is 321 g/mol. The highest BCUT2D eigenvalue weighted by Crippen LogP contribution is 2.18. The van der Waals surface area contributed by atoms with Crippen molar-refractivity contribution < 1.29 is 4.79 Å². The van der Waals surface area contributed by atoms with E-state index in [2.05, 4.69) is 5.10 Å². The highest BCUT2D eigenvalue weighted by atomic mass is 16.2. The van der Waals surface area contributed by atoms with Crippen molar-refractivity contribution in [2.24, 2.45) is 0 Å². The van der Waals surface area contributed by atoms with Crippen molar-refractivity contribution in [1.82, 2.24) is 14.7 Å². The zero-order valence-electron chi connectivity index (χ0n) is 13.7. The van der Waals surface area contributed by atoms with Crippen LogP contribution in [0.2, 0.25) is 0 Å². The molecule has 122 valence electrons. The minimum Gasteiger partial charge on any atom is -0.337 e. The van der Waals surface area contributed by atoms with Gasteiger partial charge >= 0.3 is 0 Å². The SMILES string of the molecule is C[C@@H](c1ccccc1)N(C)C(=O)Cn1ncc(=O)c2ccccc21. The van der Waals surface area contributed by atoms with Crippen LogP contribution in [0.25, 0.3) is 10.9 Å². The van der Waals surface area contributed by atoms with E-state index in [1.165, 1.54) is 6.20 Å². The van der Waals surface area contributed by atoms with Gasteiger partial charge in [-0.1, -0.05) is 42.5 Å². The van der Waals surface area contributed by atoms with Crippen LogP contribution in [0.1, 0.15) is 18.5 Å². The molecule has 0 aliphatic heterocycles. The van der Waals surface area contributed by atoms with Gasteiger partial charge in [-0.2, -0.15) is 5.10 Å². The van der Waals surface area contributed by atoms with Gasteiger partial charge in [-0.3, -0.25) is 14.3 Å². The number of aromatic nitrogens is 2. The number of rotatable bonds is 4. The maximum atomic E-state index is 12.6. The molecule has 0 saturated heterocycles. The van der Waals surface area contributed by atoms with Gasteiger partial charge in [0, 0.05) is 12.4 Å². The standard InChI is InChI=1S/C19H19N3O2/c1-14(15-8-4-3-5-9-15)21(2)19(24)13-22-17-11-7-6-10-16(17)18(23)12-20-22/h3-12,14H,13H2,1-2H3/t14-/m0/s1. The fourth-order valence-corrected chi connectivity index (χ4v) is 2.70. The van der Waals surface area contributed by atoms with Crippen molar-refractivity contribution in [2.75, 3.05) is 7.05 Å². The number of carbonyl (C=O) groups excluding carboxylic acids is 1. The summed E-state index contributed by atoms with van der Waals surface area (Å²) in [7, 11) is 1.78. The molecule has 0 aliphatic carbocycles. The molecule has 5 heteroatoms. The Bertz CT molecular complexity index is 919. The van der Waals surface area contributed by atoms with Crippen LogP contribution in [0.5, 0.6) is 0 Å². The lowest BCUT2D eigenvalue weighted by molar-refractivity contribution is -0.132. The van der Waals surface area contributed by atoms with Crippen LogP contribution in [0, 0.1) is 0 Å². The average Bonchev–Trinajstić information content (AvgIpc) is 2.63. The Labute approximate surface area is 140 Å². The molecule has 1 amide bonds. The number of hydrogen-bond donors (Lipinski definition) is 0. The summed E-state index contributed by atoms with van der Waals surface area (Å²) in [6, 6.07) is 17.0. The van der Waals surface area contributed by atoms with Gasteiger partial charge in [-0.15, -0.1) is 0 Å². The Morgan fingerprint density at radius 1 is 1.12 bits per heavy atom. The summed E-state index contributed by atoms with van der Waals surface area (Å²) in [6.07, 6.45) is 1.26. The Morgan fingerprint density at radius 2 is 1.79 bits per heavy atom. The third-order valence-electron chi connectivity index (χ3n) is 4.30. The largest absolute Gasteiger partial charge is 0.337 e. The number of amides is 1. The van der Waals surface area contributed by atoms with Crippen LogP contribution in [-0.2, 0) is 11.3 Å². The average molecular weight is 321 g/mol. The second kappa shape index (κ2) is 6.66. The Kier molecular flexibility index (Phi) is 4.42. The highest BCUT2D eigenvalue weighted by Gasteiger charge is 2.18. The minimum atomic E-state index is -0.139. The molecule has 24 heavy (non-hydrogen) atoms. The van der Waals surface area contributed by atoms with Gasteiger partial charge < -0.3 is 4.90 Å². The van der Waals surface area contributed by atoms with Crippen LogP contribution < -0.4 is 5.43 Å². The first kappa shape index (κ1) is 15.9. The van der Waals surface area contributed by atoms with Gasteiger partial charge in [0.05, 0.1) is 17.8 Å². The third kappa shape index (κ3) is 3.06. The van der Waals surface area contributed by atoms with Crippen molar-refractivity contribution in [3.63, 3.8) is 0 Å². The number of likely N-dealkylation sites (N-methyl/N-ethyl adjacent to an activating group) is 1. The molecule has 1 heterocycles. The van der Waals surface area contributed by atoms with E-state index in [1.54, 1.807) is 34.8 Å². The molecular weight excluding hydrogens is 302 g/mol. The first-order chi connectivity index (χ1) is 11.6. The summed E-state index contributed by atoms with van der Waals surface area (Å²) in [5.41, 5.74) is 1.60. The molecule has 0 radical (unpaired) electrons. The van der Waals surface area contributed by atoms with E-state index in [0.29, 0.717) is 10.9 Å². The first-order valence-electron chi connectivity index (χ1n) is 7.83. The van der Waals surface area contributed by atoms with Gasteiger partial charge in [0.2, 0.25) is 11.3 Å². The third-order valence-corrected chi connectivity index (χ3v) is 4.30. The topological polar surface area (TPSA) is 55.2 Å². The predicted octanol–water partition coefficient (Wildman–Crippen LogP) is 2.62. The van der Waals surface area contributed by atoms with Crippen molar-refractivity contribution in [1.29, 1.82) is 0 Å². The zero-order valence-corrected chi connectivity index (χ0v) is 13.7.